The Bertz CT molecular complexity index is 830. The van der Waals surface area contributed by atoms with Gasteiger partial charge in [-0.25, -0.2) is 4.79 Å². The van der Waals surface area contributed by atoms with Crippen molar-refractivity contribution < 1.29 is 14.3 Å². The van der Waals surface area contributed by atoms with Gasteiger partial charge in [0.25, 0.3) is 5.91 Å². The number of urea groups is 1. The maximum Gasteiger partial charge on any atom is 0.321 e. The summed E-state index contributed by atoms with van der Waals surface area (Å²) in [6.07, 6.45) is 1.93. The van der Waals surface area contributed by atoms with Crippen LogP contribution in [0.2, 0.25) is 0 Å². The summed E-state index contributed by atoms with van der Waals surface area (Å²) in [7, 11) is 0. The Morgan fingerprint density at radius 1 is 0.926 bits per heavy atom. The predicted octanol–water partition coefficient (Wildman–Crippen LogP) is 3.00. The van der Waals surface area contributed by atoms with Crippen molar-refractivity contribution in [2.75, 3.05) is 38.1 Å². The first-order valence-corrected chi connectivity index (χ1v) is 9.37. The first-order chi connectivity index (χ1) is 13.2. The molecule has 2 aromatic rings. The molecule has 4 rings (SSSR count). The second-order valence-electron chi connectivity index (χ2n) is 6.85. The third-order valence-corrected chi connectivity index (χ3v) is 5.03. The van der Waals surface area contributed by atoms with E-state index in [0.717, 1.165) is 36.4 Å². The maximum atomic E-state index is 12.8. The number of nitrogens with one attached hydrogen (secondary N) is 1. The first kappa shape index (κ1) is 17.4. The molecule has 2 heterocycles. The quantitative estimate of drug-likeness (QED) is 0.890. The molecule has 0 radical (unpaired) electrons. The zero-order valence-electron chi connectivity index (χ0n) is 15.2. The van der Waals surface area contributed by atoms with Crippen molar-refractivity contribution in [1.82, 2.24) is 9.80 Å². The van der Waals surface area contributed by atoms with Crippen molar-refractivity contribution in [3.63, 3.8) is 0 Å². The van der Waals surface area contributed by atoms with Gasteiger partial charge in [0.2, 0.25) is 0 Å². The van der Waals surface area contributed by atoms with Crippen molar-refractivity contribution in [2.24, 2.45) is 0 Å². The summed E-state index contributed by atoms with van der Waals surface area (Å²) in [5.41, 5.74) is 2.58. The fraction of sp³-hybridized carbons (Fsp3) is 0.333. The summed E-state index contributed by atoms with van der Waals surface area (Å²) in [5.74, 6) is 0.909. The molecule has 140 valence electrons. The Hall–Kier alpha value is -3.02. The molecule has 0 atom stereocenters. The summed E-state index contributed by atoms with van der Waals surface area (Å²) in [6, 6.07) is 14.9. The van der Waals surface area contributed by atoms with Crippen molar-refractivity contribution in [1.29, 1.82) is 0 Å². The molecule has 0 unspecified atom stereocenters. The molecule has 3 amide bonds. The molecule has 2 aromatic carbocycles. The van der Waals surface area contributed by atoms with Gasteiger partial charge in [0, 0.05) is 37.4 Å². The van der Waals surface area contributed by atoms with Gasteiger partial charge in [-0.3, -0.25) is 4.79 Å². The van der Waals surface area contributed by atoms with E-state index in [4.69, 9.17) is 4.74 Å². The molecule has 0 spiro atoms. The number of aryl methyl sites for hydroxylation is 1. The van der Waals surface area contributed by atoms with Gasteiger partial charge >= 0.3 is 6.03 Å². The van der Waals surface area contributed by atoms with Crippen LogP contribution in [0.5, 0.6) is 5.75 Å². The highest BCUT2D eigenvalue weighted by molar-refractivity contribution is 5.95. The number of amides is 3. The summed E-state index contributed by atoms with van der Waals surface area (Å²) in [6.45, 7) is 2.87. The topological polar surface area (TPSA) is 61.9 Å². The lowest BCUT2D eigenvalue weighted by atomic mass is 10.0. The average molecular weight is 365 g/mol. The van der Waals surface area contributed by atoms with E-state index in [9.17, 15) is 9.59 Å². The van der Waals surface area contributed by atoms with Crippen LogP contribution in [0, 0.1) is 0 Å². The molecule has 6 nitrogen and oxygen atoms in total. The Kier molecular flexibility index (Phi) is 4.96. The third kappa shape index (κ3) is 3.89. The van der Waals surface area contributed by atoms with Crippen molar-refractivity contribution in [3.8, 4) is 5.75 Å². The highest BCUT2D eigenvalue weighted by Crippen LogP contribution is 2.26. The highest BCUT2D eigenvalue weighted by Gasteiger charge is 2.25. The number of ether oxygens (including phenoxy) is 1. The number of anilines is 1. The minimum absolute atomic E-state index is 0.0199. The largest absolute Gasteiger partial charge is 0.493 e. The number of fused-ring (bicyclic) bond motifs is 1. The van der Waals surface area contributed by atoms with Gasteiger partial charge in [0.1, 0.15) is 5.75 Å². The van der Waals surface area contributed by atoms with Gasteiger partial charge in [0.15, 0.2) is 0 Å². The van der Waals surface area contributed by atoms with Crippen molar-refractivity contribution in [3.05, 3.63) is 59.7 Å². The van der Waals surface area contributed by atoms with Crippen molar-refractivity contribution >= 4 is 17.6 Å². The summed E-state index contributed by atoms with van der Waals surface area (Å²) < 4.78 is 5.62. The van der Waals surface area contributed by atoms with Crippen LogP contribution in [0.1, 0.15) is 22.3 Å². The standard InChI is InChI=1S/C21H23N3O3/c25-20(17-8-9-19-16(15-17)5-4-14-27-19)23-10-12-24(13-11-23)21(26)22-18-6-2-1-3-7-18/h1-3,6-9,15H,4-5,10-14H2,(H,22,26). The zero-order chi connectivity index (χ0) is 18.6. The number of rotatable bonds is 2. The number of para-hydroxylation sites is 1. The summed E-state index contributed by atoms with van der Waals surface area (Å²) in [5, 5.41) is 2.89. The Balaban J connectivity index is 1.35. The van der Waals surface area contributed by atoms with E-state index in [1.54, 1.807) is 4.90 Å². The monoisotopic (exact) mass is 365 g/mol. The van der Waals surface area contributed by atoms with Crippen LogP contribution in [0.3, 0.4) is 0 Å². The van der Waals surface area contributed by atoms with E-state index in [2.05, 4.69) is 5.32 Å². The molecule has 27 heavy (non-hydrogen) atoms. The van der Waals surface area contributed by atoms with Crippen LogP contribution in [0.15, 0.2) is 48.5 Å². The lowest BCUT2D eigenvalue weighted by molar-refractivity contribution is 0.0671. The van der Waals surface area contributed by atoms with Crippen LogP contribution in [-0.4, -0.2) is 54.5 Å². The Morgan fingerprint density at radius 3 is 2.44 bits per heavy atom. The van der Waals surface area contributed by atoms with Gasteiger partial charge in [-0.15, -0.1) is 0 Å². The van der Waals surface area contributed by atoms with E-state index in [1.807, 2.05) is 53.4 Å². The Morgan fingerprint density at radius 2 is 1.67 bits per heavy atom. The Labute approximate surface area is 158 Å². The minimum atomic E-state index is -0.126. The van der Waals surface area contributed by atoms with Crippen LogP contribution in [0.4, 0.5) is 10.5 Å². The molecule has 1 fully saturated rings. The smallest absolute Gasteiger partial charge is 0.321 e. The van der Waals surface area contributed by atoms with Crippen LogP contribution < -0.4 is 10.1 Å². The molecule has 0 aromatic heterocycles. The molecular formula is C21H23N3O3. The number of piperazine rings is 1. The lowest BCUT2D eigenvalue weighted by Gasteiger charge is -2.35. The number of hydrogen-bond acceptors (Lipinski definition) is 3. The second-order valence-corrected chi connectivity index (χ2v) is 6.85. The van der Waals surface area contributed by atoms with E-state index in [0.29, 0.717) is 31.7 Å². The number of hydrogen-bond donors (Lipinski definition) is 1. The molecule has 2 aliphatic heterocycles. The summed E-state index contributed by atoms with van der Waals surface area (Å²) >= 11 is 0. The van der Waals surface area contributed by atoms with Gasteiger partial charge < -0.3 is 19.9 Å². The fourth-order valence-corrected chi connectivity index (χ4v) is 3.51. The molecule has 0 aliphatic carbocycles. The molecular weight excluding hydrogens is 342 g/mol. The maximum absolute atomic E-state index is 12.8. The average Bonchev–Trinajstić information content (AvgIpc) is 2.73. The number of carbonyl (C=O) groups is 2. The van der Waals surface area contributed by atoms with Crippen LogP contribution >= 0.6 is 0 Å². The number of nitrogens with zero attached hydrogens (tertiary/aromatic N) is 2. The van der Waals surface area contributed by atoms with E-state index >= 15 is 0 Å². The van der Waals surface area contributed by atoms with Crippen LogP contribution in [0.25, 0.3) is 0 Å². The highest BCUT2D eigenvalue weighted by atomic mass is 16.5. The normalized spacial score (nSPS) is 16.3. The lowest BCUT2D eigenvalue weighted by Crippen LogP contribution is -2.51. The summed E-state index contributed by atoms with van der Waals surface area (Å²) in [4.78, 5) is 28.8. The fourth-order valence-electron chi connectivity index (χ4n) is 3.51. The number of carbonyl (C=O) groups excluding carboxylic acids is 2. The molecule has 1 saturated heterocycles. The van der Waals surface area contributed by atoms with E-state index in [1.165, 1.54) is 0 Å². The second kappa shape index (κ2) is 7.70. The zero-order valence-corrected chi connectivity index (χ0v) is 15.2. The minimum Gasteiger partial charge on any atom is -0.493 e. The molecule has 0 bridgehead atoms. The van der Waals surface area contributed by atoms with Gasteiger partial charge in [-0.2, -0.15) is 0 Å². The molecule has 1 N–H and O–H groups in total. The van der Waals surface area contributed by atoms with E-state index < -0.39 is 0 Å². The molecule has 2 aliphatic rings. The van der Waals surface area contributed by atoms with Crippen molar-refractivity contribution in [2.45, 2.75) is 12.8 Å². The first-order valence-electron chi connectivity index (χ1n) is 9.37. The van der Waals surface area contributed by atoms with Gasteiger partial charge in [-0.05, 0) is 48.7 Å². The van der Waals surface area contributed by atoms with E-state index in [-0.39, 0.29) is 11.9 Å². The van der Waals surface area contributed by atoms with Crippen LogP contribution in [-0.2, 0) is 6.42 Å². The third-order valence-electron chi connectivity index (χ3n) is 5.03. The molecule has 6 heteroatoms. The van der Waals surface area contributed by atoms with Gasteiger partial charge in [0.05, 0.1) is 6.61 Å². The van der Waals surface area contributed by atoms with Gasteiger partial charge in [-0.1, -0.05) is 18.2 Å². The molecule has 0 saturated carbocycles. The SMILES string of the molecule is O=C(Nc1ccccc1)N1CCN(C(=O)c2ccc3c(c2)CCCO3)CC1. The predicted molar refractivity (Wildman–Crippen MR) is 103 cm³/mol. The number of benzene rings is 2.